The Labute approximate surface area is 161 Å². The topological polar surface area (TPSA) is 88.1 Å². The zero-order chi connectivity index (χ0) is 19.6. The molecule has 0 spiro atoms. The summed E-state index contributed by atoms with van der Waals surface area (Å²) in [6.07, 6.45) is -0.294. The Morgan fingerprint density at radius 1 is 1.42 bits per heavy atom. The first kappa shape index (κ1) is 20.1. The number of rotatable bonds is 5. The summed E-state index contributed by atoms with van der Waals surface area (Å²) in [7, 11) is 1.43. The zero-order valence-electron chi connectivity index (χ0n) is 15.4. The molecule has 1 heterocycles. The van der Waals surface area contributed by atoms with Crippen molar-refractivity contribution < 1.29 is 24.2 Å². The molecule has 2 rings (SSSR count). The maximum absolute atomic E-state index is 12.7. The van der Waals surface area contributed by atoms with Gasteiger partial charge in [-0.2, -0.15) is 0 Å². The van der Waals surface area contributed by atoms with Crippen LogP contribution in [0.5, 0.6) is 11.5 Å². The van der Waals surface area contributed by atoms with Gasteiger partial charge in [0.1, 0.15) is 0 Å². The fraction of sp³-hybridized carbons (Fsp3) is 0.444. The van der Waals surface area contributed by atoms with Gasteiger partial charge in [0.05, 0.1) is 29.3 Å². The van der Waals surface area contributed by atoms with Gasteiger partial charge < -0.3 is 19.9 Å². The Kier molecular flexibility index (Phi) is 6.17. The van der Waals surface area contributed by atoms with Gasteiger partial charge in [-0.25, -0.2) is 9.59 Å². The monoisotopic (exact) mass is 426 g/mol. The van der Waals surface area contributed by atoms with Gasteiger partial charge >= 0.3 is 12.0 Å². The molecule has 1 aliphatic rings. The second-order valence-electron chi connectivity index (χ2n) is 6.13. The normalized spacial score (nSPS) is 17.4. The third kappa shape index (κ3) is 3.80. The number of methoxy groups -OCH3 is 1. The van der Waals surface area contributed by atoms with Crippen molar-refractivity contribution in [1.29, 1.82) is 0 Å². The number of hydrogen-bond donors (Lipinski definition) is 2. The molecule has 0 radical (unpaired) electrons. The number of aromatic hydroxyl groups is 1. The van der Waals surface area contributed by atoms with Crippen LogP contribution >= 0.6 is 15.9 Å². The minimum Gasteiger partial charge on any atom is -0.503 e. The van der Waals surface area contributed by atoms with Crippen LogP contribution in [0.1, 0.15) is 39.3 Å². The minimum atomic E-state index is -0.720. The van der Waals surface area contributed by atoms with Gasteiger partial charge in [0.2, 0.25) is 0 Å². The molecule has 7 nitrogen and oxygen atoms in total. The third-order valence-electron chi connectivity index (χ3n) is 4.08. The lowest BCUT2D eigenvalue weighted by Gasteiger charge is -2.35. The van der Waals surface area contributed by atoms with Gasteiger partial charge in [0.15, 0.2) is 11.5 Å². The number of urea groups is 1. The average Bonchev–Trinajstić information content (AvgIpc) is 2.56. The first-order valence-corrected chi connectivity index (χ1v) is 9.06. The van der Waals surface area contributed by atoms with Crippen molar-refractivity contribution in [2.75, 3.05) is 13.7 Å². The van der Waals surface area contributed by atoms with Crippen molar-refractivity contribution in [3.63, 3.8) is 0 Å². The lowest BCUT2D eigenvalue weighted by atomic mass is 9.94. The van der Waals surface area contributed by atoms with Gasteiger partial charge in [-0.1, -0.05) is 0 Å². The average molecular weight is 427 g/mol. The Morgan fingerprint density at radius 3 is 2.62 bits per heavy atom. The highest BCUT2D eigenvalue weighted by Crippen LogP contribution is 2.40. The van der Waals surface area contributed by atoms with E-state index in [1.807, 2.05) is 6.92 Å². The van der Waals surface area contributed by atoms with E-state index in [0.29, 0.717) is 27.9 Å². The van der Waals surface area contributed by atoms with Crippen LogP contribution < -0.4 is 10.1 Å². The SMILES string of the molecule is CCN1C(=O)N[C@H](c2cc(Br)c(O)c(OC)c2)C(C(=O)OC(C)C)=C1C. The van der Waals surface area contributed by atoms with Crippen LogP contribution in [0, 0.1) is 0 Å². The van der Waals surface area contributed by atoms with Crippen LogP contribution in [0.2, 0.25) is 0 Å². The quantitative estimate of drug-likeness (QED) is 0.703. The molecule has 8 heteroatoms. The number of carbonyl (C=O) groups is 2. The molecule has 1 aliphatic heterocycles. The number of nitrogens with one attached hydrogen (secondary N) is 1. The Hall–Kier alpha value is -2.22. The number of nitrogens with zero attached hydrogens (tertiary/aromatic N) is 1. The van der Waals surface area contributed by atoms with Crippen molar-refractivity contribution in [2.24, 2.45) is 0 Å². The predicted octanol–water partition coefficient (Wildman–Crippen LogP) is 3.48. The van der Waals surface area contributed by atoms with E-state index in [-0.39, 0.29) is 23.6 Å². The minimum absolute atomic E-state index is 0.0550. The van der Waals surface area contributed by atoms with Gasteiger partial charge in [-0.3, -0.25) is 4.90 Å². The molecule has 0 fully saturated rings. The fourth-order valence-electron chi connectivity index (χ4n) is 2.87. The summed E-state index contributed by atoms with van der Waals surface area (Å²) in [5, 5.41) is 12.9. The van der Waals surface area contributed by atoms with Crippen LogP contribution in [0.3, 0.4) is 0 Å². The molecule has 26 heavy (non-hydrogen) atoms. The van der Waals surface area contributed by atoms with Crippen LogP contribution in [0.25, 0.3) is 0 Å². The largest absolute Gasteiger partial charge is 0.503 e. The molecular weight excluding hydrogens is 404 g/mol. The highest BCUT2D eigenvalue weighted by molar-refractivity contribution is 9.10. The number of phenols is 1. The fourth-order valence-corrected chi connectivity index (χ4v) is 3.33. The molecule has 0 aromatic heterocycles. The molecule has 1 aromatic carbocycles. The zero-order valence-corrected chi connectivity index (χ0v) is 17.0. The third-order valence-corrected chi connectivity index (χ3v) is 4.68. The summed E-state index contributed by atoms with van der Waals surface area (Å²) in [6, 6.07) is 2.20. The summed E-state index contributed by atoms with van der Waals surface area (Å²) in [5.74, 6) is -0.319. The van der Waals surface area contributed by atoms with Crippen molar-refractivity contribution in [3.8, 4) is 11.5 Å². The van der Waals surface area contributed by atoms with E-state index in [2.05, 4.69) is 21.2 Å². The molecule has 0 saturated carbocycles. The highest BCUT2D eigenvalue weighted by atomic mass is 79.9. The molecule has 2 amide bonds. The summed E-state index contributed by atoms with van der Waals surface area (Å²) in [5.41, 5.74) is 1.47. The smallest absolute Gasteiger partial charge is 0.338 e. The molecule has 1 atom stereocenters. The van der Waals surface area contributed by atoms with E-state index < -0.39 is 12.0 Å². The number of amides is 2. The molecule has 2 N–H and O–H groups in total. The van der Waals surface area contributed by atoms with Crippen molar-refractivity contribution in [3.05, 3.63) is 33.4 Å². The van der Waals surface area contributed by atoms with Crippen LogP contribution in [-0.4, -0.2) is 41.8 Å². The van der Waals surface area contributed by atoms with Gasteiger partial charge in [0.25, 0.3) is 0 Å². The Balaban J connectivity index is 2.61. The molecule has 0 saturated heterocycles. The number of allylic oxidation sites excluding steroid dienone is 1. The first-order valence-electron chi connectivity index (χ1n) is 8.27. The predicted molar refractivity (Wildman–Crippen MR) is 99.9 cm³/mol. The molecule has 0 unspecified atom stereocenters. The summed E-state index contributed by atoms with van der Waals surface area (Å²) >= 11 is 3.27. The van der Waals surface area contributed by atoms with Crippen LogP contribution in [0.15, 0.2) is 27.9 Å². The summed E-state index contributed by atoms with van der Waals surface area (Å²) in [4.78, 5) is 26.7. The lowest BCUT2D eigenvalue weighted by Crippen LogP contribution is -2.48. The summed E-state index contributed by atoms with van der Waals surface area (Å²) < 4.78 is 11.0. The number of hydrogen-bond acceptors (Lipinski definition) is 5. The van der Waals surface area contributed by atoms with Crippen LogP contribution in [-0.2, 0) is 9.53 Å². The number of esters is 1. The van der Waals surface area contributed by atoms with Crippen molar-refractivity contribution in [2.45, 2.75) is 39.8 Å². The second-order valence-corrected chi connectivity index (χ2v) is 6.99. The Bertz CT molecular complexity index is 760. The van der Waals surface area contributed by atoms with E-state index in [4.69, 9.17) is 9.47 Å². The van der Waals surface area contributed by atoms with Gasteiger partial charge in [0, 0.05) is 12.2 Å². The molecule has 0 aliphatic carbocycles. The van der Waals surface area contributed by atoms with E-state index in [9.17, 15) is 14.7 Å². The molecule has 0 bridgehead atoms. The lowest BCUT2D eigenvalue weighted by molar-refractivity contribution is -0.143. The van der Waals surface area contributed by atoms with E-state index in [1.165, 1.54) is 12.0 Å². The maximum atomic E-state index is 12.7. The van der Waals surface area contributed by atoms with Gasteiger partial charge in [-0.15, -0.1) is 0 Å². The number of halogens is 1. The molecular formula is C18H23BrN2O5. The highest BCUT2D eigenvalue weighted by Gasteiger charge is 2.36. The van der Waals surface area contributed by atoms with Gasteiger partial charge in [-0.05, 0) is 61.3 Å². The molecule has 1 aromatic rings. The molecule has 142 valence electrons. The number of phenolic OH excluding ortho intramolecular Hbond substituents is 1. The van der Waals surface area contributed by atoms with E-state index >= 15 is 0 Å². The Morgan fingerprint density at radius 2 is 2.08 bits per heavy atom. The number of carbonyl (C=O) groups excluding carboxylic acids is 2. The van der Waals surface area contributed by atoms with Crippen molar-refractivity contribution in [1.82, 2.24) is 10.2 Å². The van der Waals surface area contributed by atoms with Crippen LogP contribution in [0.4, 0.5) is 4.79 Å². The number of benzene rings is 1. The second kappa shape index (κ2) is 7.99. The number of ether oxygens (including phenoxy) is 2. The first-order chi connectivity index (χ1) is 12.2. The van der Waals surface area contributed by atoms with Crippen molar-refractivity contribution >= 4 is 27.9 Å². The maximum Gasteiger partial charge on any atom is 0.338 e. The standard InChI is InChI=1S/C18H23BrN2O5/c1-6-21-10(4)14(17(23)26-9(2)3)15(20-18(21)24)11-7-12(19)16(22)13(8-11)25-5/h7-9,15,22H,6H2,1-5H3,(H,20,24)/t15-/m1/s1. The van der Waals surface area contributed by atoms with E-state index in [0.717, 1.165) is 0 Å². The van der Waals surface area contributed by atoms with E-state index in [1.54, 1.807) is 32.9 Å². The summed E-state index contributed by atoms with van der Waals surface area (Å²) in [6.45, 7) is 7.50.